The van der Waals surface area contributed by atoms with Crippen LogP contribution in [0.15, 0.2) is 83.3 Å². The van der Waals surface area contributed by atoms with Crippen LogP contribution in [0.1, 0.15) is 34.4 Å². The molecule has 0 atom stereocenters. The average molecular weight is 466 g/mol. The Morgan fingerprint density at radius 2 is 1.37 bits per heavy atom. The topological polar surface area (TPSA) is 13.1 Å². The molecule has 2 aliphatic carbocycles. The zero-order valence-corrected chi connectivity index (χ0v) is 19.3. The molecule has 144 valence electrons. The Hall–Kier alpha value is -2.44. The maximum atomic E-state index is 6.26. The van der Waals surface area contributed by atoms with E-state index in [-0.39, 0.29) is 26.2 Å². The van der Waals surface area contributed by atoms with Gasteiger partial charge in [0.2, 0.25) is 0 Å². The second kappa shape index (κ2) is 8.01. The molecule has 6 rings (SSSR count). The van der Waals surface area contributed by atoms with Crippen molar-refractivity contribution in [3.8, 4) is 22.5 Å². The van der Waals surface area contributed by atoms with Crippen molar-refractivity contribution in [3.05, 3.63) is 107 Å². The van der Waals surface area contributed by atoms with Crippen LogP contribution >= 0.6 is 0 Å². The number of hydrogen-bond acceptors (Lipinski definition) is 1. The fourth-order valence-corrected chi connectivity index (χ4v) is 4.93. The van der Waals surface area contributed by atoms with Crippen molar-refractivity contribution < 1.29 is 30.6 Å². The minimum absolute atomic E-state index is 0. The summed E-state index contributed by atoms with van der Waals surface area (Å²) in [6.07, 6.45) is 6.98. The summed E-state index contributed by atoms with van der Waals surface area (Å²) in [6.45, 7) is 0. The van der Waals surface area contributed by atoms with Gasteiger partial charge < -0.3 is 4.42 Å². The van der Waals surface area contributed by atoms with Gasteiger partial charge in [-0.25, -0.2) is 0 Å². The molecule has 4 aromatic rings. The monoisotopic (exact) mass is 464 g/mol. The standard InChI is InChI=1S/C28H22O.Zr/c1-3-8-19(9-4-1)26-14-15-27(29-26)23-17-22-16-21-12-7-13-24(21)28(25(22)18-23)20-10-5-2-6-11-20;/h1-6,8-11,14-16,18H,7,12-13,17H2;. The Morgan fingerprint density at radius 1 is 0.667 bits per heavy atom. The van der Waals surface area contributed by atoms with Crippen LogP contribution < -0.4 is 0 Å². The number of allylic oxidation sites excluding steroid dienone is 1. The molecule has 0 radical (unpaired) electrons. The predicted octanol–water partition coefficient (Wildman–Crippen LogP) is 7.20. The van der Waals surface area contributed by atoms with Crippen LogP contribution in [0.25, 0.3) is 34.1 Å². The molecular weight excluding hydrogens is 444 g/mol. The first-order chi connectivity index (χ1) is 14.4. The van der Waals surface area contributed by atoms with E-state index in [0.29, 0.717) is 0 Å². The zero-order chi connectivity index (χ0) is 19.2. The molecule has 30 heavy (non-hydrogen) atoms. The van der Waals surface area contributed by atoms with Gasteiger partial charge >= 0.3 is 0 Å². The Kier molecular flexibility index (Phi) is 5.21. The summed E-state index contributed by atoms with van der Waals surface area (Å²) < 4.78 is 6.26. The molecule has 0 aliphatic heterocycles. The van der Waals surface area contributed by atoms with Crippen molar-refractivity contribution in [2.45, 2.75) is 25.7 Å². The van der Waals surface area contributed by atoms with Gasteiger partial charge in [-0.15, -0.1) is 0 Å². The Morgan fingerprint density at radius 3 is 2.13 bits per heavy atom. The van der Waals surface area contributed by atoms with E-state index in [1.807, 2.05) is 6.07 Å². The van der Waals surface area contributed by atoms with Crippen molar-refractivity contribution in [2.24, 2.45) is 0 Å². The fourth-order valence-electron chi connectivity index (χ4n) is 4.93. The van der Waals surface area contributed by atoms with Gasteiger partial charge in [0.05, 0.1) is 0 Å². The second-order valence-electron chi connectivity index (χ2n) is 8.06. The van der Waals surface area contributed by atoms with Gasteiger partial charge in [-0.1, -0.05) is 66.7 Å². The van der Waals surface area contributed by atoms with E-state index in [1.165, 1.54) is 47.1 Å². The number of hydrogen-bond donors (Lipinski definition) is 0. The summed E-state index contributed by atoms with van der Waals surface area (Å²) in [7, 11) is 0. The Bertz CT molecular complexity index is 1230. The maximum Gasteiger partial charge on any atom is 0.134 e. The molecule has 2 aliphatic rings. The smallest absolute Gasteiger partial charge is 0.134 e. The van der Waals surface area contributed by atoms with E-state index >= 15 is 0 Å². The van der Waals surface area contributed by atoms with E-state index in [1.54, 1.807) is 11.1 Å². The quantitative estimate of drug-likeness (QED) is 0.312. The predicted molar refractivity (Wildman–Crippen MR) is 120 cm³/mol. The molecule has 1 heterocycles. The molecule has 3 aromatic carbocycles. The molecule has 0 saturated heterocycles. The van der Waals surface area contributed by atoms with Crippen LogP contribution in [0.4, 0.5) is 0 Å². The summed E-state index contributed by atoms with van der Waals surface area (Å²) in [5.74, 6) is 1.92. The number of aryl methyl sites for hydroxylation is 1. The number of furan rings is 1. The minimum Gasteiger partial charge on any atom is -0.456 e. The third-order valence-electron chi connectivity index (χ3n) is 6.27. The molecule has 2 heteroatoms. The van der Waals surface area contributed by atoms with Crippen LogP contribution in [0.2, 0.25) is 0 Å². The van der Waals surface area contributed by atoms with Crippen molar-refractivity contribution in [2.75, 3.05) is 0 Å². The number of benzene rings is 3. The van der Waals surface area contributed by atoms with E-state index in [9.17, 15) is 0 Å². The fraction of sp³-hybridized carbons (Fsp3) is 0.143. The minimum atomic E-state index is 0. The number of fused-ring (bicyclic) bond motifs is 2. The average Bonchev–Trinajstić information content (AvgIpc) is 3.52. The van der Waals surface area contributed by atoms with E-state index in [0.717, 1.165) is 23.5 Å². The van der Waals surface area contributed by atoms with E-state index < -0.39 is 0 Å². The SMILES string of the molecule is C1=C(c2ccc(-c3ccccc3)o2)Cc2cc3c(c(-c4ccccc4)c21)CCC3.[Zr]. The number of rotatable bonds is 3. The molecule has 0 fully saturated rings. The van der Waals surface area contributed by atoms with Gasteiger partial charge in [-0.05, 0) is 76.4 Å². The van der Waals surface area contributed by atoms with Crippen LogP contribution in [-0.2, 0) is 45.5 Å². The molecular formula is C28H22OZr. The summed E-state index contributed by atoms with van der Waals surface area (Å²) in [5.41, 5.74) is 11.1. The third kappa shape index (κ3) is 3.28. The molecule has 0 unspecified atom stereocenters. The van der Waals surface area contributed by atoms with Crippen LogP contribution in [0.5, 0.6) is 0 Å². The summed E-state index contributed by atoms with van der Waals surface area (Å²) >= 11 is 0. The molecule has 0 saturated carbocycles. The van der Waals surface area contributed by atoms with Crippen molar-refractivity contribution in [1.29, 1.82) is 0 Å². The molecule has 1 aromatic heterocycles. The van der Waals surface area contributed by atoms with Gasteiger partial charge in [0.25, 0.3) is 0 Å². The van der Waals surface area contributed by atoms with Gasteiger partial charge in [0, 0.05) is 38.2 Å². The van der Waals surface area contributed by atoms with E-state index in [4.69, 9.17) is 4.42 Å². The van der Waals surface area contributed by atoms with Gasteiger partial charge in [-0.3, -0.25) is 0 Å². The first-order valence-corrected chi connectivity index (χ1v) is 10.5. The van der Waals surface area contributed by atoms with Crippen molar-refractivity contribution >= 4 is 11.6 Å². The van der Waals surface area contributed by atoms with Crippen LogP contribution in [0.3, 0.4) is 0 Å². The summed E-state index contributed by atoms with van der Waals surface area (Å²) in [5, 5.41) is 0. The van der Waals surface area contributed by atoms with Crippen molar-refractivity contribution in [3.63, 3.8) is 0 Å². The first-order valence-electron chi connectivity index (χ1n) is 10.5. The molecule has 1 nitrogen and oxygen atoms in total. The van der Waals surface area contributed by atoms with E-state index in [2.05, 4.69) is 78.9 Å². The summed E-state index contributed by atoms with van der Waals surface area (Å²) in [6, 6.07) is 27.9. The Labute approximate surface area is 196 Å². The van der Waals surface area contributed by atoms with Crippen molar-refractivity contribution in [1.82, 2.24) is 0 Å². The normalized spacial score (nSPS) is 14.1. The van der Waals surface area contributed by atoms with Crippen LogP contribution in [-0.4, -0.2) is 0 Å². The molecule has 0 N–H and O–H groups in total. The molecule has 0 amide bonds. The summed E-state index contributed by atoms with van der Waals surface area (Å²) in [4.78, 5) is 0. The van der Waals surface area contributed by atoms with Gasteiger partial charge in [0.15, 0.2) is 0 Å². The zero-order valence-electron chi connectivity index (χ0n) is 16.8. The molecule has 0 bridgehead atoms. The molecule has 0 spiro atoms. The third-order valence-corrected chi connectivity index (χ3v) is 6.27. The van der Waals surface area contributed by atoms with Crippen LogP contribution in [0, 0.1) is 0 Å². The Balaban J connectivity index is 0.00000193. The maximum absolute atomic E-state index is 6.26. The largest absolute Gasteiger partial charge is 0.456 e. The van der Waals surface area contributed by atoms with Gasteiger partial charge in [-0.2, -0.15) is 0 Å². The first kappa shape index (κ1) is 19.5. The second-order valence-corrected chi connectivity index (χ2v) is 8.06. The van der Waals surface area contributed by atoms with Gasteiger partial charge in [0.1, 0.15) is 11.5 Å².